The molecule has 0 aliphatic rings. The summed E-state index contributed by atoms with van der Waals surface area (Å²) in [7, 11) is 0. The van der Waals surface area contributed by atoms with Crippen LogP contribution in [0.5, 0.6) is 0 Å². The minimum Gasteiger partial charge on any atom is -0.326 e. The van der Waals surface area contributed by atoms with Gasteiger partial charge in [-0.2, -0.15) is 0 Å². The molecule has 0 atom stereocenters. The second kappa shape index (κ2) is 7.09. The van der Waals surface area contributed by atoms with E-state index in [1.54, 1.807) is 29.2 Å². The van der Waals surface area contributed by atoms with E-state index in [0.29, 0.717) is 17.8 Å². The molecule has 0 aromatic heterocycles. The number of nitrogens with zero attached hydrogens (tertiary/aromatic N) is 1. The van der Waals surface area contributed by atoms with Gasteiger partial charge in [-0.05, 0) is 62.2 Å². The molecule has 120 valence electrons. The standard InChI is InChI=1S/C19H22N2O2/c1-5-21(18-12-13(2)6-7-14(18)3)19(23)16-8-10-17(11-9-16)20-15(4)22/h6-12H,5H2,1-4H3,(H,20,22). The van der Waals surface area contributed by atoms with Crippen molar-refractivity contribution in [3.63, 3.8) is 0 Å². The third kappa shape index (κ3) is 3.97. The maximum Gasteiger partial charge on any atom is 0.258 e. The van der Waals surface area contributed by atoms with Gasteiger partial charge < -0.3 is 10.2 Å². The zero-order valence-corrected chi connectivity index (χ0v) is 14.0. The summed E-state index contributed by atoms with van der Waals surface area (Å²) in [5, 5.41) is 2.70. The van der Waals surface area contributed by atoms with Crippen LogP contribution in [0.1, 0.15) is 35.3 Å². The lowest BCUT2D eigenvalue weighted by atomic mass is 10.1. The van der Waals surface area contributed by atoms with Crippen LogP contribution in [-0.4, -0.2) is 18.4 Å². The number of hydrogen-bond donors (Lipinski definition) is 1. The Morgan fingerprint density at radius 3 is 2.26 bits per heavy atom. The molecule has 0 saturated heterocycles. The molecule has 0 saturated carbocycles. The third-order valence-corrected chi connectivity index (χ3v) is 3.67. The van der Waals surface area contributed by atoms with E-state index in [2.05, 4.69) is 5.32 Å². The lowest BCUT2D eigenvalue weighted by molar-refractivity contribution is -0.114. The SMILES string of the molecule is CCN(C(=O)c1ccc(NC(C)=O)cc1)c1cc(C)ccc1C. The van der Waals surface area contributed by atoms with Crippen LogP contribution in [0.25, 0.3) is 0 Å². The molecule has 2 rings (SSSR count). The summed E-state index contributed by atoms with van der Waals surface area (Å²) < 4.78 is 0. The van der Waals surface area contributed by atoms with Gasteiger partial charge in [0.15, 0.2) is 0 Å². The first kappa shape index (κ1) is 16.7. The molecule has 2 amide bonds. The second-order valence-electron chi connectivity index (χ2n) is 5.60. The smallest absolute Gasteiger partial charge is 0.258 e. The highest BCUT2D eigenvalue weighted by atomic mass is 16.2. The van der Waals surface area contributed by atoms with E-state index in [1.807, 2.05) is 39.0 Å². The molecule has 2 aromatic carbocycles. The fourth-order valence-corrected chi connectivity index (χ4v) is 2.49. The molecular weight excluding hydrogens is 288 g/mol. The van der Waals surface area contributed by atoms with Crippen molar-refractivity contribution in [3.05, 3.63) is 59.2 Å². The fourth-order valence-electron chi connectivity index (χ4n) is 2.49. The third-order valence-electron chi connectivity index (χ3n) is 3.67. The summed E-state index contributed by atoms with van der Waals surface area (Å²) >= 11 is 0. The van der Waals surface area contributed by atoms with Crippen molar-refractivity contribution < 1.29 is 9.59 Å². The number of nitrogens with one attached hydrogen (secondary N) is 1. The van der Waals surface area contributed by atoms with Crippen LogP contribution < -0.4 is 10.2 Å². The maximum absolute atomic E-state index is 12.8. The first-order valence-electron chi connectivity index (χ1n) is 7.69. The summed E-state index contributed by atoms with van der Waals surface area (Å²) in [6.07, 6.45) is 0. The van der Waals surface area contributed by atoms with E-state index >= 15 is 0 Å². The van der Waals surface area contributed by atoms with Gasteiger partial charge in [-0.15, -0.1) is 0 Å². The molecule has 0 radical (unpaired) electrons. The van der Waals surface area contributed by atoms with Gasteiger partial charge in [0.25, 0.3) is 5.91 Å². The van der Waals surface area contributed by atoms with Crippen molar-refractivity contribution in [3.8, 4) is 0 Å². The van der Waals surface area contributed by atoms with Crippen molar-refractivity contribution in [2.24, 2.45) is 0 Å². The Morgan fingerprint density at radius 1 is 1.04 bits per heavy atom. The second-order valence-corrected chi connectivity index (χ2v) is 5.60. The Hall–Kier alpha value is -2.62. The van der Waals surface area contributed by atoms with Crippen LogP contribution in [0, 0.1) is 13.8 Å². The average molecular weight is 310 g/mol. The van der Waals surface area contributed by atoms with Gasteiger partial charge >= 0.3 is 0 Å². The van der Waals surface area contributed by atoms with E-state index in [4.69, 9.17) is 0 Å². The Bertz CT molecular complexity index is 721. The van der Waals surface area contributed by atoms with Crippen LogP contribution in [0.4, 0.5) is 11.4 Å². The summed E-state index contributed by atoms with van der Waals surface area (Å²) in [5.74, 6) is -0.176. The largest absolute Gasteiger partial charge is 0.326 e. The van der Waals surface area contributed by atoms with Crippen molar-refractivity contribution >= 4 is 23.2 Å². The molecule has 23 heavy (non-hydrogen) atoms. The molecule has 0 unspecified atom stereocenters. The van der Waals surface area contributed by atoms with Gasteiger partial charge in [-0.25, -0.2) is 0 Å². The number of hydrogen-bond acceptors (Lipinski definition) is 2. The molecule has 4 heteroatoms. The summed E-state index contributed by atoms with van der Waals surface area (Å²) in [6, 6.07) is 13.1. The zero-order valence-electron chi connectivity index (χ0n) is 14.0. The summed E-state index contributed by atoms with van der Waals surface area (Å²) in [5.41, 5.74) is 4.41. The first-order valence-corrected chi connectivity index (χ1v) is 7.69. The van der Waals surface area contributed by atoms with E-state index in [0.717, 1.165) is 16.8 Å². The van der Waals surface area contributed by atoms with E-state index in [9.17, 15) is 9.59 Å². The van der Waals surface area contributed by atoms with Crippen molar-refractivity contribution in [2.45, 2.75) is 27.7 Å². The maximum atomic E-state index is 12.8. The number of rotatable bonds is 4. The lowest BCUT2D eigenvalue weighted by Gasteiger charge is -2.23. The molecule has 0 aliphatic heterocycles. The first-order chi connectivity index (χ1) is 10.9. The number of aryl methyl sites for hydroxylation is 2. The highest BCUT2D eigenvalue weighted by molar-refractivity contribution is 6.06. The molecule has 2 aromatic rings. The van der Waals surface area contributed by atoms with Crippen LogP contribution in [0.3, 0.4) is 0 Å². The van der Waals surface area contributed by atoms with E-state index in [-0.39, 0.29) is 11.8 Å². The predicted octanol–water partition coefficient (Wildman–Crippen LogP) is 3.93. The van der Waals surface area contributed by atoms with Gasteiger partial charge in [0.1, 0.15) is 0 Å². The average Bonchev–Trinajstić information content (AvgIpc) is 2.51. The quantitative estimate of drug-likeness (QED) is 0.930. The van der Waals surface area contributed by atoms with Crippen molar-refractivity contribution in [2.75, 3.05) is 16.8 Å². The highest BCUT2D eigenvalue weighted by Crippen LogP contribution is 2.23. The number of amides is 2. The van der Waals surface area contributed by atoms with Gasteiger partial charge in [0.2, 0.25) is 5.91 Å². The van der Waals surface area contributed by atoms with Crippen LogP contribution in [-0.2, 0) is 4.79 Å². The Morgan fingerprint density at radius 2 is 1.70 bits per heavy atom. The number of carbonyl (C=O) groups is 2. The highest BCUT2D eigenvalue weighted by Gasteiger charge is 2.17. The minimum atomic E-state index is -0.130. The molecule has 0 bridgehead atoms. The molecular formula is C19H22N2O2. The van der Waals surface area contributed by atoms with E-state index < -0.39 is 0 Å². The molecule has 1 N–H and O–H groups in total. The Labute approximate surface area is 137 Å². The minimum absolute atomic E-state index is 0.0458. The van der Waals surface area contributed by atoms with Gasteiger partial charge in [0.05, 0.1) is 0 Å². The van der Waals surface area contributed by atoms with Crippen molar-refractivity contribution in [1.29, 1.82) is 0 Å². The summed E-state index contributed by atoms with van der Waals surface area (Å²) in [6.45, 7) is 8.04. The predicted molar refractivity (Wildman–Crippen MR) is 94.0 cm³/mol. The number of benzene rings is 2. The molecule has 0 heterocycles. The Balaban J connectivity index is 2.29. The fraction of sp³-hybridized carbons (Fsp3) is 0.263. The molecule has 0 fully saturated rings. The van der Waals surface area contributed by atoms with Gasteiger partial charge in [0, 0.05) is 30.4 Å². The normalized spacial score (nSPS) is 10.3. The van der Waals surface area contributed by atoms with Crippen LogP contribution in [0.15, 0.2) is 42.5 Å². The summed E-state index contributed by atoms with van der Waals surface area (Å²) in [4.78, 5) is 25.6. The monoisotopic (exact) mass is 310 g/mol. The molecule has 4 nitrogen and oxygen atoms in total. The Kier molecular flexibility index (Phi) is 5.16. The topological polar surface area (TPSA) is 49.4 Å². The molecule has 0 aliphatic carbocycles. The zero-order chi connectivity index (χ0) is 17.0. The number of anilines is 2. The van der Waals surface area contributed by atoms with Crippen molar-refractivity contribution in [1.82, 2.24) is 0 Å². The van der Waals surface area contributed by atoms with Crippen LogP contribution in [0.2, 0.25) is 0 Å². The van der Waals surface area contributed by atoms with Crippen LogP contribution >= 0.6 is 0 Å². The lowest BCUT2D eigenvalue weighted by Crippen LogP contribution is -2.31. The number of carbonyl (C=O) groups excluding carboxylic acids is 2. The van der Waals surface area contributed by atoms with Gasteiger partial charge in [-0.3, -0.25) is 9.59 Å². The van der Waals surface area contributed by atoms with E-state index in [1.165, 1.54) is 6.92 Å². The van der Waals surface area contributed by atoms with Gasteiger partial charge in [-0.1, -0.05) is 12.1 Å². The molecule has 0 spiro atoms.